The van der Waals surface area contributed by atoms with E-state index in [0.717, 1.165) is 39.6 Å². The minimum absolute atomic E-state index is 0.200. The number of carbonyl (C=O) groups excluding carboxylic acids is 1. The van der Waals surface area contributed by atoms with Gasteiger partial charge in [-0.25, -0.2) is 4.98 Å². The van der Waals surface area contributed by atoms with Gasteiger partial charge in [-0.1, -0.05) is 45.0 Å². The van der Waals surface area contributed by atoms with Crippen LogP contribution in [-0.4, -0.2) is 44.1 Å². The molecule has 8 nitrogen and oxygen atoms in total. The molecule has 0 unspecified atom stereocenters. The lowest BCUT2D eigenvalue weighted by Gasteiger charge is -2.17. The molecule has 5 rings (SSSR count). The number of hydrogen-bond donors (Lipinski definition) is 2. The standard InChI is InChI=1S/C27H28N6O2/c1-27(2,3)26-32-31-24-20(15-18(16-33(24)26)17-9-11-19(35-4)12-10-17)25(34)28-14-13-23-29-21-7-5-6-8-22(21)30-23/h5-12,15-16H,13-14H2,1-4H3,(H,28,34)(H,29,30). The molecule has 0 radical (unpaired) electrons. The summed E-state index contributed by atoms with van der Waals surface area (Å²) in [5, 5.41) is 11.8. The SMILES string of the molecule is COc1ccc(-c2cc(C(=O)NCCc3nc4ccccc4[nH]3)c3nnc(C(C)(C)C)n3c2)cc1. The number of fused-ring (bicyclic) bond motifs is 2. The third kappa shape index (κ3) is 4.47. The molecule has 0 aliphatic heterocycles. The van der Waals surface area contributed by atoms with Crippen LogP contribution in [0.25, 0.3) is 27.8 Å². The molecule has 0 bridgehead atoms. The Morgan fingerprint density at radius 1 is 1.06 bits per heavy atom. The fourth-order valence-corrected chi connectivity index (χ4v) is 4.13. The van der Waals surface area contributed by atoms with Crippen molar-refractivity contribution in [2.24, 2.45) is 0 Å². The highest BCUT2D eigenvalue weighted by atomic mass is 16.5. The van der Waals surface area contributed by atoms with E-state index in [1.54, 1.807) is 7.11 Å². The molecule has 0 aliphatic carbocycles. The predicted molar refractivity (Wildman–Crippen MR) is 136 cm³/mol. The van der Waals surface area contributed by atoms with Crippen molar-refractivity contribution >= 4 is 22.6 Å². The van der Waals surface area contributed by atoms with Gasteiger partial charge in [0.2, 0.25) is 0 Å². The molecule has 1 amide bonds. The number of aromatic nitrogens is 5. The molecule has 2 aromatic carbocycles. The minimum Gasteiger partial charge on any atom is -0.497 e. The summed E-state index contributed by atoms with van der Waals surface area (Å²) in [6.07, 6.45) is 2.58. The molecule has 0 saturated heterocycles. The summed E-state index contributed by atoms with van der Waals surface area (Å²) in [7, 11) is 1.64. The first-order valence-corrected chi connectivity index (χ1v) is 11.6. The van der Waals surface area contributed by atoms with Gasteiger partial charge >= 0.3 is 0 Å². The number of amides is 1. The first kappa shape index (κ1) is 22.6. The smallest absolute Gasteiger partial charge is 0.255 e. The second-order valence-electron chi connectivity index (χ2n) is 9.54. The molecule has 0 aliphatic rings. The van der Waals surface area contributed by atoms with Gasteiger partial charge in [-0.3, -0.25) is 9.20 Å². The molecule has 0 spiro atoms. The topological polar surface area (TPSA) is 97.2 Å². The minimum atomic E-state index is -0.243. The summed E-state index contributed by atoms with van der Waals surface area (Å²) in [5.74, 6) is 2.20. The van der Waals surface area contributed by atoms with Crippen molar-refractivity contribution in [1.82, 2.24) is 29.9 Å². The molecule has 3 aromatic heterocycles. The molecule has 0 atom stereocenters. The number of pyridine rings is 1. The number of aromatic amines is 1. The highest BCUT2D eigenvalue weighted by Gasteiger charge is 2.24. The second kappa shape index (κ2) is 8.87. The Labute approximate surface area is 203 Å². The Hall–Kier alpha value is -4.20. The largest absolute Gasteiger partial charge is 0.497 e. The molecule has 3 heterocycles. The zero-order valence-corrected chi connectivity index (χ0v) is 20.3. The number of para-hydroxylation sites is 2. The number of hydrogen-bond acceptors (Lipinski definition) is 5. The van der Waals surface area contributed by atoms with Crippen LogP contribution in [0.4, 0.5) is 0 Å². The maximum atomic E-state index is 13.3. The van der Waals surface area contributed by atoms with E-state index in [0.29, 0.717) is 24.2 Å². The quantitative estimate of drug-likeness (QED) is 0.381. The van der Waals surface area contributed by atoms with E-state index in [1.165, 1.54) is 0 Å². The molecule has 35 heavy (non-hydrogen) atoms. The maximum absolute atomic E-state index is 13.3. The van der Waals surface area contributed by atoms with Crippen molar-refractivity contribution in [1.29, 1.82) is 0 Å². The highest BCUT2D eigenvalue weighted by molar-refractivity contribution is 6.01. The summed E-state index contributed by atoms with van der Waals surface area (Å²) in [6.45, 7) is 6.68. The van der Waals surface area contributed by atoms with Crippen molar-refractivity contribution < 1.29 is 9.53 Å². The van der Waals surface area contributed by atoms with Crippen LogP contribution < -0.4 is 10.1 Å². The van der Waals surface area contributed by atoms with E-state index in [9.17, 15) is 4.79 Å². The Morgan fingerprint density at radius 2 is 1.83 bits per heavy atom. The third-order valence-electron chi connectivity index (χ3n) is 5.93. The fraction of sp³-hybridized carbons (Fsp3) is 0.259. The summed E-state index contributed by atoms with van der Waals surface area (Å²) in [4.78, 5) is 21.2. The second-order valence-corrected chi connectivity index (χ2v) is 9.54. The van der Waals surface area contributed by atoms with Crippen LogP contribution in [0.3, 0.4) is 0 Å². The average molecular weight is 469 g/mol. The van der Waals surface area contributed by atoms with E-state index in [2.05, 4.69) is 46.3 Å². The number of benzene rings is 2. The van der Waals surface area contributed by atoms with E-state index in [-0.39, 0.29) is 11.3 Å². The number of rotatable bonds is 6. The zero-order valence-electron chi connectivity index (χ0n) is 20.3. The first-order valence-electron chi connectivity index (χ1n) is 11.6. The van der Waals surface area contributed by atoms with Gasteiger partial charge in [-0.05, 0) is 41.5 Å². The number of methoxy groups -OCH3 is 1. The maximum Gasteiger partial charge on any atom is 0.255 e. The number of carbonyl (C=O) groups is 1. The monoisotopic (exact) mass is 468 g/mol. The van der Waals surface area contributed by atoms with Crippen LogP contribution in [0.1, 0.15) is 42.8 Å². The highest BCUT2D eigenvalue weighted by Crippen LogP contribution is 2.28. The fourth-order valence-electron chi connectivity index (χ4n) is 4.13. The average Bonchev–Trinajstić information content (AvgIpc) is 3.47. The number of H-pyrrole nitrogens is 1. The number of nitrogens with one attached hydrogen (secondary N) is 2. The molecule has 0 fully saturated rings. The van der Waals surface area contributed by atoms with Crippen LogP contribution >= 0.6 is 0 Å². The third-order valence-corrected chi connectivity index (χ3v) is 5.93. The van der Waals surface area contributed by atoms with Crippen molar-refractivity contribution in [2.75, 3.05) is 13.7 Å². The summed E-state index contributed by atoms with van der Waals surface area (Å²) in [6, 6.07) is 17.5. The van der Waals surface area contributed by atoms with Crippen LogP contribution in [0.5, 0.6) is 5.75 Å². The van der Waals surface area contributed by atoms with Gasteiger partial charge in [0.15, 0.2) is 5.65 Å². The van der Waals surface area contributed by atoms with Crippen LogP contribution in [0, 0.1) is 0 Å². The first-order chi connectivity index (χ1) is 16.8. The van der Waals surface area contributed by atoms with Crippen LogP contribution in [-0.2, 0) is 11.8 Å². The summed E-state index contributed by atoms with van der Waals surface area (Å²) in [5.41, 5.74) is 4.54. The van der Waals surface area contributed by atoms with Gasteiger partial charge in [0.25, 0.3) is 5.91 Å². The lowest BCUT2D eigenvalue weighted by atomic mass is 9.95. The lowest BCUT2D eigenvalue weighted by Crippen LogP contribution is -2.27. The van der Waals surface area contributed by atoms with Gasteiger partial charge in [-0.15, -0.1) is 10.2 Å². The van der Waals surface area contributed by atoms with E-state index < -0.39 is 0 Å². The Balaban J connectivity index is 1.45. The van der Waals surface area contributed by atoms with Crippen LogP contribution in [0.15, 0.2) is 60.8 Å². The number of nitrogens with zero attached hydrogens (tertiary/aromatic N) is 4. The van der Waals surface area contributed by atoms with Gasteiger partial charge in [0, 0.05) is 24.6 Å². The normalized spacial score (nSPS) is 11.8. The molecule has 2 N–H and O–H groups in total. The van der Waals surface area contributed by atoms with E-state index in [1.807, 2.05) is 65.2 Å². The van der Waals surface area contributed by atoms with Crippen molar-refractivity contribution in [3.63, 3.8) is 0 Å². The number of ether oxygens (including phenoxy) is 1. The Bertz CT molecular complexity index is 1480. The zero-order chi connectivity index (χ0) is 24.6. The van der Waals surface area contributed by atoms with Crippen molar-refractivity contribution in [2.45, 2.75) is 32.6 Å². The number of imidazole rings is 1. The van der Waals surface area contributed by atoms with Crippen LogP contribution in [0.2, 0.25) is 0 Å². The summed E-state index contributed by atoms with van der Waals surface area (Å²) < 4.78 is 7.22. The Kier molecular flexibility index (Phi) is 5.72. The van der Waals surface area contributed by atoms with Gasteiger partial charge in [-0.2, -0.15) is 0 Å². The predicted octanol–water partition coefficient (Wildman–Crippen LogP) is 4.55. The van der Waals surface area contributed by atoms with Gasteiger partial charge in [0.1, 0.15) is 17.4 Å². The van der Waals surface area contributed by atoms with Gasteiger partial charge < -0.3 is 15.0 Å². The van der Waals surface area contributed by atoms with Crippen molar-refractivity contribution in [3.8, 4) is 16.9 Å². The van der Waals surface area contributed by atoms with Crippen molar-refractivity contribution in [3.05, 3.63) is 78.0 Å². The molecule has 5 aromatic rings. The molecular formula is C27H28N6O2. The molecular weight excluding hydrogens is 440 g/mol. The Morgan fingerprint density at radius 3 is 2.54 bits per heavy atom. The van der Waals surface area contributed by atoms with E-state index in [4.69, 9.17) is 4.74 Å². The molecule has 8 heteroatoms. The molecule has 178 valence electrons. The summed E-state index contributed by atoms with van der Waals surface area (Å²) >= 11 is 0. The van der Waals surface area contributed by atoms with E-state index >= 15 is 0 Å². The van der Waals surface area contributed by atoms with Gasteiger partial charge in [0.05, 0.1) is 23.7 Å². The molecule has 0 saturated carbocycles. The lowest BCUT2D eigenvalue weighted by molar-refractivity contribution is 0.0955.